The second-order valence-electron chi connectivity index (χ2n) is 4.28. The largest absolute Gasteiger partial charge is 0.374 e. The maximum absolute atomic E-state index is 5.61. The second-order valence-corrected chi connectivity index (χ2v) is 4.28. The van der Waals surface area contributed by atoms with Gasteiger partial charge in [0.05, 0.1) is 18.8 Å². The highest BCUT2D eigenvalue weighted by Gasteiger charge is 2.31. The average Bonchev–Trinajstić information content (AvgIpc) is 2.70. The first-order chi connectivity index (χ1) is 6.66. The van der Waals surface area contributed by atoms with Crippen molar-refractivity contribution in [2.75, 3.05) is 6.61 Å². The Morgan fingerprint density at radius 1 is 1.71 bits per heavy atom. The Labute approximate surface area is 83.3 Å². The van der Waals surface area contributed by atoms with Gasteiger partial charge in [0.25, 0.3) is 0 Å². The minimum absolute atomic E-state index is 0.0130. The van der Waals surface area contributed by atoms with Crippen molar-refractivity contribution in [3.8, 4) is 0 Å². The Hall–Kier alpha value is -0.940. The predicted octanol–water partition coefficient (Wildman–Crippen LogP) is 0.462. The second kappa shape index (κ2) is 3.67. The molecule has 0 saturated carbocycles. The van der Waals surface area contributed by atoms with Crippen LogP contribution in [0.25, 0.3) is 0 Å². The lowest BCUT2D eigenvalue weighted by molar-refractivity contribution is 0.0357. The normalized spacial score (nSPS) is 25.4. The van der Waals surface area contributed by atoms with Crippen LogP contribution in [0.5, 0.6) is 0 Å². The number of hydrogen-bond donors (Lipinski definition) is 2. The van der Waals surface area contributed by atoms with Crippen molar-refractivity contribution in [2.45, 2.75) is 38.5 Å². The first-order valence-corrected chi connectivity index (χ1v) is 4.87. The Morgan fingerprint density at radius 3 is 3.14 bits per heavy atom. The molecule has 1 saturated heterocycles. The molecular weight excluding hydrogens is 180 g/mol. The monoisotopic (exact) mass is 196 g/mol. The Morgan fingerprint density at radius 2 is 2.57 bits per heavy atom. The van der Waals surface area contributed by atoms with E-state index in [2.05, 4.69) is 34.3 Å². The molecule has 1 aliphatic heterocycles. The maximum atomic E-state index is 5.61. The highest BCUT2D eigenvalue weighted by Crippen LogP contribution is 2.24. The molecule has 2 rings (SSSR count). The van der Waals surface area contributed by atoms with E-state index < -0.39 is 0 Å². The SMILES string of the molecule is CC1(C)CC(NCc2ncn[nH]2)CO1. The standard InChI is InChI=1S/C9H16N4O/c1-9(2)3-7(5-14-9)10-4-8-11-6-12-13-8/h6-7,10H,3-5H2,1-2H3,(H,11,12,13). The molecule has 0 aliphatic carbocycles. The molecule has 0 amide bonds. The van der Waals surface area contributed by atoms with Crippen molar-refractivity contribution >= 4 is 0 Å². The Balaban J connectivity index is 1.78. The van der Waals surface area contributed by atoms with E-state index in [9.17, 15) is 0 Å². The summed E-state index contributed by atoms with van der Waals surface area (Å²) in [5.41, 5.74) is 0.0130. The molecule has 1 fully saturated rings. The molecule has 1 aliphatic rings. The number of aromatic amines is 1. The fourth-order valence-corrected chi connectivity index (χ4v) is 1.73. The molecule has 0 radical (unpaired) electrons. The minimum atomic E-state index is 0.0130. The Kier molecular flexibility index (Phi) is 2.52. The van der Waals surface area contributed by atoms with Crippen LogP contribution in [-0.2, 0) is 11.3 Å². The van der Waals surface area contributed by atoms with Crippen molar-refractivity contribution in [3.05, 3.63) is 12.2 Å². The van der Waals surface area contributed by atoms with Crippen molar-refractivity contribution in [2.24, 2.45) is 0 Å². The number of hydrogen-bond acceptors (Lipinski definition) is 4. The third-order valence-corrected chi connectivity index (χ3v) is 2.44. The van der Waals surface area contributed by atoms with Crippen molar-refractivity contribution in [1.82, 2.24) is 20.5 Å². The molecule has 1 unspecified atom stereocenters. The lowest BCUT2D eigenvalue weighted by Gasteiger charge is -2.15. The van der Waals surface area contributed by atoms with Crippen molar-refractivity contribution in [1.29, 1.82) is 0 Å². The third-order valence-electron chi connectivity index (χ3n) is 2.44. The summed E-state index contributed by atoms with van der Waals surface area (Å²) in [6, 6.07) is 0.426. The van der Waals surface area contributed by atoms with E-state index in [0.29, 0.717) is 6.04 Å². The van der Waals surface area contributed by atoms with Crippen molar-refractivity contribution < 1.29 is 4.74 Å². The molecule has 14 heavy (non-hydrogen) atoms. The van der Waals surface area contributed by atoms with Crippen LogP contribution in [0, 0.1) is 0 Å². The van der Waals surface area contributed by atoms with Gasteiger partial charge >= 0.3 is 0 Å². The van der Waals surface area contributed by atoms with Crippen LogP contribution in [0.4, 0.5) is 0 Å². The number of aromatic nitrogens is 3. The first kappa shape index (κ1) is 9.61. The maximum Gasteiger partial charge on any atom is 0.138 e. The lowest BCUT2D eigenvalue weighted by Crippen LogP contribution is -2.30. The molecular formula is C9H16N4O. The van der Waals surface area contributed by atoms with Gasteiger partial charge < -0.3 is 10.1 Å². The molecule has 5 nitrogen and oxygen atoms in total. The number of nitrogens with one attached hydrogen (secondary N) is 2. The smallest absolute Gasteiger partial charge is 0.138 e. The van der Waals surface area contributed by atoms with Crippen LogP contribution < -0.4 is 5.32 Å². The van der Waals surface area contributed by atoms with E-state index in [1.165, 1.54) is 6.33 Å². The van der Waals surface area contributed by atoms with E-state index >= 15 is 0 Å². The summed E-state index contributed by atoms with van der Waals surface area (Å²) in [7, 11) is 0. The molecule has 2 N–H and O–H groups in total. The quantitative estimate of drug-likeness (QED) is 0.737. The summed E-state index contributed by atoms with van der Waals surface area (Å²) in [6.07, 6.45) is 2.56. The van der Waals surface area contributed by atoms with Gasteiger partial charge in [-0.1, -0.05) is 0 Å². The summed E-state index contributed by atoms with van der Waals surface area (Å²) < 4.78 is 5.61. The zero-order valence-corrected chi connectivity index (χ0v) is 8.58. The van der Waals surface area contributed by atoms with Crippen LogP contribution in [0.15, 0.2) is 6.33 Å². The molecule has 2 heterocycles. The predicted molar refractivity (Wildman–Crippen MR) is 51.7 cm³/mol. The van der Waals surface area contributed by atoms with E-state index in [0.717, 1.165) is 25.4 Å². The molecule has 78 valence electrons. The summed E-state index contributed by atoms with van der Waals surface area (Å²) in [5.74, 6) is 0.870. The van der Waals surface area contributed by atoms with Crippen molar-refractivity contribution in [3.63, 3.8) is 0 Å². The van der Waals surface area contributed by atoms with Gasteiger partial charge in [-0.25, -0.2) is 4.98 Å². The van der Waals surface area contributed by atoms with Crippen LogP contribution >= 0.6 is 0 Å². The summed E-state index contributed by atoms with van der Waals surface area (Å²) in [4.78, 5) is 4.04. The van der Waals surface area contributed by atoms with Gasteiger partial charge in [-0.3, -0.25) is 5.10 Å². The van der Waals surface area contributed by atoms with Gasteiger partial charge in [0, 0.05) is 6.04 Å². The van der Waals surface area contributed by atoms with E-state index in [4.69, 9.17) is 4.74 Å². The van der Waals surface area contributed by atoms with Gasteiger partial charge in [-0.05, 0) is 20.3 Å². The fraction of sp³-hybridized carbons (Fsp3) is 0.778. The van der Waals surface area contributed by atoms with Gasteiger partial charge in [0.1, 0.15) is 12.2 Å². The van der Waals surface area contributed by atoms with Gasteiger partial charge in [0.2, 0.25) is 0 Å². The molecule has 1 atom stereocenters. The Bertz CT molecular complexity index is 283. The highest BCUT2D eigenvalue weighted by atomic mass is 16.5. The van der Waals surface area contributed by atoms with Crippen LogP contribution in [0.1, 0.15) is 26.1 Å². The van der Waals surface area contributed by atoms with Gasteiger partial charge in [-0.2, -0.15) is 5.10 Å². The summed E-state index contributed by atoms with van der Waals surface area (Å²) in [5, 5.41) is 9.99. The third kappa shape index (κ3) is 2.30. The number of nitrogens with zero attached hydrogens (tertiary/aromatic N) is 2. The van der Waals surface area contributed by atoms with E-state index in [-0.39, 0.29) is 5.60 Å². The molecule has 1 aromatic heterocycles. The average molecular weight is 196 g/mol. The van der Waals surface area contributed by atoms with Crippen LogP contribution in [-0.4, -0.2) is 33.4 Å². The lowest BCUT2D eigenvalue weighted by atomic mass is 10.0. The molecule has 5 heteroatoms. The van der Waals surface area contributed by atoms with Gasteiger partial charge in [0.15, 0.2) is 0 Å². The molecule has 0 aromatic carbocycles. The summed E-state index contributed by atoms with van der Waals surface area (Å²) in [6.45, 7) is 5.73. The number of ether oxygens (including phenoxy) is 1. The minimum Gasteiger partial charge on any atom is -0.374 e. The molecule has 1 aromatic rings. The molecule has 0 spiro atoms. The van der Waals surface area contributed by atoms with E-state index in [1.807, 2.05) is 0 Å². The highest BCUT2D eigenvalue weighted by molar-refractivity contribution is 4.87. The zero-order chi connectivity index (χ0) is 10.0. The van der Waals surface area contributed by atoms with E-state index in [1.54, 1.807) is 0 Å². The zero-order valence-electron chi connectivity index (χ0n) is 8.58. The number of rotatable bonds is 3. The van der Waals surface area contributed by atoms with Gasteiger partial charge in [-0.15, -0.1) is 0 Å². The summed E-state index contributed by atoms with van der Waals surface area (Å²) >= 11 is 0. The van der Waals surface area contributed by atoms with Crippen LogP contribution in [0.3, 0.4) is 0 Å². The molecule has 0 bridgehead atoms. The van der Waals surface area contributed by atoms with Crippen LogP contribution in [0.2, 0.25) is 0 Å². The topological polar surface area (TPSA) is 62.8 Å². The number of H-pyrrole nitrogens is 1. The first-order valence-electron chi connectivity index (χ1n) is 4.87. The fourth-order valence-electron chi connectivity index (χ4n) is 1.73.